The van der Waals surface area contributed by atoms with Crippen LogP contribution in [0, 0.1) is 13.8 Å². The number of sulfone groups is 1. The van der Waals surface area contributed by atoms with Crippen molar-refractivity contribution in [3.63, 3.8) is 0 Å². The first kappa shape index (κ1) is 11.8. The summed E-state index contributed by atoms with van der Waals surface area (Å²) >= 11 is 0. The van der Waals surface area contributed by atoms with Crippen LogP contribution in [0.25, 0.3) is 0 Å². The highest BCUT2D eigenvalue weighted by molar-refractivity contribution is 7.90. The second-order valence-corrected chi connectivity index (χ2v) is 5.86. The van der Waals surface area contributed by atoms with Crippen LogP contribution in [0.5, 0.6) is 0 Å². The zero-order valence-corrected chi connectivity index (χ0v) is 10.4. The third-order valence-electron chi connectivity index (χ3n) is 2.45. The third-order valence-corrected chi connectivity index (χ3v) is 4.10. The molecule has 6 heteroatoms. The number of rotatable bonds is 3. The Morgan fingerprint density at radius 2 is 1.76 bits per heavy atom. The van der Waals surface area contributed by atoms with Crippen LogP contribution in [-0.4, -0.2) is 18.7 Å². The van der Waals surface area contributed by atoms with Gasteiger partial charge < -0.3 is 0 Å². The summed E-state index contributed by atoms with van der Waals surface area (Å²) in [6, 6.07) is 6.71. The number of hydrogen-bond acceptors (Lipinski definition) is 5. The van der Waals surface area contributed by atoms with Gasteiger partial charge in [-0.15, -0.1) is 0 Å². The van der Waals surface area contributed by atoms with Crippen LogP contribution in [0.2, 0.25) is 0 Å². The van der Waals surface area contributed by atoms with Crippen molar-refractivity contribution in [1.29, 1.82) is 0 Å². The molecule has 1 heterocycles. The van der Waals surface area contributed by atoms with Gasteiger partial charge >= 0.3 is 0 Å². The Morgan fingerprint density at radius 1 is 1.12 bits per heavy atom. The fourth-order valence-corrected chi connectivity index (χ4v) is 2.73. The number of hydrogen-bond donors (Lipinski definition) is 0. The van der Waals surface area contributed by atoms with E-state index in [0.717, 1.165) is 5.56 Å². The monoisotopic (exact) mass is 252 g/mol. The van der Waals surface area contributed by atoms with Crippen LogP contribution in [-0.2, 0) is 15.6 Å². The summed E-state index contributed by atoms with van der Waals surface area (Å²) < 4.78 is 28.6. The molecule has 0 bridgehead atoms. The average molecular weight is 252 g/mol. The van der Waals surface area contributed by atoms with Gasteiger partial charge in [0.25, 0.3) is 0 Å². The van der Waals surface area contributed by atoms with Crippen molar-refractivity contribution in [3.05, 3.63) is 41.2 Å². The van der Waals surface area contributed by atoms with E-state index in [1.807, 2.05) is 6.92 Å². The van der Waals surface area contributed by atoms with Crippen LogP contribution >= 0.6 is 0 Å². The number of nitrogens with zero attached hydrogens (tertiary/aromatic N) is 2. The Balaban J connectivity index is 2.31. The molecule has 17 heavy (non-hydrogen) atoms. The molecule has 0 spiro atoms. The summed E-state index contributed by atoms with van der Waals surface area (Å²) in [7, 11) is -3.38. The molecule has 0 radical (unpaired) electrons. The molecule has 1 aromatic carbocycles. The van der Waals surface area contributed by atoms with Gasteiger partial charge in [-0.1, -0.05) is 28.0 Å². The topological polar surface area (TPSA) is 73.1 Å². The molecule has 0 amide bonds. The highest BCUT2D eigenvalue weighted by Crippen LogP contribution is 2.17. The molecule has 2 aromatic rings. The Bertz CT molecular complexity index is 614. The van der Waals surface area contributed by atoms with Crippen molar-refractivity contribution in [1.82, 2.24) is 10.3 Å². The van der Waals surface area contributed by atoms with Crippen LogP contribution in [0.3, 0.4) is 0 Å². The second-order valence-electron chi connectivity index (χ2n) is 3.87. The van der Waals surface area contributed by atoms with Gasteiger partial charge in [0.05, 0.1) is 4.90 Å². The minimum atomic E-state index is -3.38. The van der Waals surface area contributed by atoms with Crippen molar-refractivity contribution in [3.8, 4) is 0 Å². The molecule has 0 atom stereocenters. The van der Waals surface area contributed by atoms with E-state index < -0.39 is 9.84 Å². The predicted octanol–water partition coefficient (Wildman–Crippen LogP) is 1.66. The standard InChI is InChI=1S/C11H12N2O3S/c1-8-3-5-10(6-4-8)17(14,15)7-11-9(2)12-16-13-11/h3-6H,7H2,1-2H3. The maximum Gasteiger partial charge on any atom is 0.184 e. The van der Waals surface area contributed by atoms with E-state index in [1.54, 1.807) is 31.2 Å². The molecule has 0 aliphatic heterocycles. The molecule has 5 nitrogen and oxygen atoms in total. The van der Waals surface area contributed by atoms with Crippen molar-refractivity contribution < 1.29 is 13.0 Å². The normalized spacial score (nSPS) is 11.6. The Kier molecular flexibility index (Phi) is 2.97. The Labute approximate surface area is 99.3 Å². The average Bonchev–Trinajstić information content (AvgIpc) is 2.64. The fraction of sp³-hybridized carbons (Fsp3) is 0.273. The number of benzene rings is 1. The maximum atomic E-state index is 12.1. The van der Waals surface area contributed by atoms with Gasteiger partial charge in [-0.25, -0.2) is 13.0 Å². The molecular formula is C11H12N2O3S. The lowest BCUT2D eigenvalue weighted by Gasteiger charge is -2.02. The Morgan fingerprint density at radius 3 is 2.29 bits per heavy atom. The quantitative estimate of drug-likeness (QED) is 0.830. The predicted molar refractivity (Wildman–Crippen MR) is 61.1 cm³/mol. The molecule has 0 aliphatic carbocycles. The maximum absolute atomic E-state index is 12.1. The zero-order valence-electron chi connectivity index (χ0n) is 9.54. The molecule has 0 unspecified atom stereocenters. The smallest absolute Gasteiger partial charge is 0.184 e. The van der Waals surface area contributed by atoms with E-state index >= 15 is 0 Å². The van der Waals surface area contributed by atoms with E-state index in [1.165, 1.54) is 0 Å². The summed E-state index contributed by atoms with van der Waals surface area (Å²) in [4.78, 5) is 0.283. The summed E-state index contributed by atoms with van der Waals surface area (Å²) in [5, 5.41) is 7.14. The zero-order chi connectivity index (χ0) is 12.5. The summed E-state index contributed by atoms with van der Waals surface area (Å²) in [6.45, 7) is 3.57. The summed E-state index contributed by atoms with van der Waals surface area (Å²) in [5.41, 5.74) is 1.87. The van der Waals surface area contributed by atoms with Gasteiger partial charge in [-0.3, -0.25) is 0 Å². The van der Waals surface area contributed by atoms with Crippen molar-refractivity contribution >= 4 is 9.84 Å². The fourth-order valence-electron chi connectivity index (χ4n) is 1.39. The second kappa shape index (κ2) is 4.29. The molecule has 0 aliphatic rings. The molecule has 0 saturated heterocycles. The minimum Gasteiger partial charge on any atom is -0.244 e. The van der Waals surface area contributed by atoms with E-state index in [0.29, 0.717) is 11.4 Å². The van der Waals surface area contributed by atoms with Crippen LogP contribution in [0.15, 0.2) is 33.8 Å². The van der Waals surface area contributed by atoms with Gasteiger partial charge in [0.15, 0.2) is 9.84 Å². The first-order valence-corrected chi connectivity index (χ1v) is 6.72. The van der Waals surface area contributed by atoms with Gasteiger partial charge in [-0.2, -0.15) is 0 Å². The molecule has 1 aromatic heterocycles. The summed E-state index contributed by atoms with van der Waals surface area (Å²) in [6.07, 6.45) is 0. The summed E-state index contributed by atoms with van der Waals surface area (Å²) in [5.74, 6) is -0.189. The molecular weight excluding hydrogens is 240 g/mol. The highest BCUT2D eigenvalue weighted by atomic mass is 32.2. The molecule has 0 saturated carbocycles. The Hall–Kier alpha value is -1.69. The van der Waals surface area contributed by atoms with Crippen molar-refractivity contribution in [2.45, 2.75) is 24.5 Å². The minimum absolute atomic E-state index is 0.189. The number of aromatic nitrogens is 2. The van der Waals surface area contributed by atoms with E-state index in [2.05, 4.69) is 14.9 Å². The lowest BCUT2D eigenvalue weighted by molar-refractivity contribution is 0.302. The van der Waals surface area contributed by atoms with Gasteiger partial charge in [0.1, 0.15) is 17.1 Å². The molecule has 2 rings (SSSR count). The third kappa shape index (κ3) is 2.52. The first-order valence-electron chi connectivity index (χ1n) is 5.06. The SMILES string of the molecule is Cc1ccc(S(=O)(=O)Cc2nonc2C)cc1. The van der Waals surface area contributed by atoms with Gasteiger partial charge in [0.2, 0.25) is 0 Å². The van der Waals surface area contributed by atoms with Crippen molar-refractivity contribution in [2.75, 3.05) is 0 Å². The van der Waals surface area contributed by atoms with E-state index in [4.69, 9.17) is 0 Å². The van der Waals surface area contributed by atoms with Crippen LogP contribution in [0.4, 0.5) is 0 Å². The van der Waals surface area contributed by atoms with Gasteiger partial charge in [-0.05, 0) is 26.0 Å². The van der Waals surface area contributed by atoms with Gasteiger partial charge in [0, 0.05) is 0 Å². The number of aryl methyl sites for hydroxylation is 2. The van der Waals surface area contributed by atoms with Crippen LogP contribution < -0.4 is 0 Å². The largest absolute Gasteiger partial charge is 0.244 e. The van der Waals surface area contributed by atoms with E-state index in [-0.39, 0.29) is 10.6 Å². The van der Waals surface area contributed by atoms with E-state index in [9.17, 15) is 8.42 Å². The molecule has 0 N–H and O–H groups in total. The van der Waals surface area contributed by atoms with Crippen molar-refractivity contribution in [2.24, 2.45) is 0 Å². The molecule has 0 fully saturated rings. The van der Waals surface area contributed by atoms with Crippen LogP contribution in [0.1, 0.15) is 17.0 Å². The molecule has 90 valence electrons. The lowest BCUT2D eigenvalue weighted by Crippen LogP contribution is -2.06. The highest BCUT2D eigenvalue weighted by Gasteiger charge is 2.19. The lowest BCUT2D eigenvalue weighted by atomic mass is 10.2. The first-order chi connectivity index (χ1) is 7.99.